The third-order valence-corrected chi connectivity index (χ3v) is 4.09. The molecule has 3 aliphatic heterocycles. The summed E-state index contributed by atoms with van der Waals surface area (Å²) in [6, 6.07) is 7.75. The van der Waals surface area contributed by atoms with Gasteiger partial charge in [-0.25, -0.2) is 0 Å². The Morgan fingerprint density at radius 1 is 1.18 bits per heavy atom. The number of halogens is 1. The standard InChI is InChI=1S/C14H16ClNO/c15-12-3-1-10(2-4-12)9-13-14(17)11-5-7-16(13)8-6-11/h1-4,9,11,14,17H,5-8H2/b13-9+. The molecule has 0 amide bonds. The molecule has 2 nitrogen and oxygen atoms in total. The Morgan fingerprint density at radius 2 is 1.82 bits per heavy atom. The molecule has 1 atom stereocenters. The van der Waals surface area contributed by atoms with Crippen LogP contribution in [0.2, 0.25) is 5.02 Å². The lowest BCUT2D eigenvalue weighted by Crippen LogP contribution is -2.48. The van der Waals surface area contributed by atoms with Crippen molar-refractivity contribution in [2.24, 2.45) is 5.92 Å². The van der Waals surface area contributed by atoms with Gasteiger partial charge in [-0.2, -0.15) is 0 Å². The van der Waals surface area contributed by atoms with Crippen molar-refractivity contribution < 1.29 is 5.11 Å². The van der Waals surface area contributed by atoms with Crippen molar-refractivity contribution in [2.75, 3.05) is 13.1 Å². The first-order valence-corrected chi connectivity index (χ1v) is 6.52. The van der Waals surface area contributed by atoms with Crippen LogP contribution in [0.5, 0.6) is 0 Å². The van der Waals surface area contributed by atoms with Gasteiger partial charge in [-0.15, -0.1) is 0 Å². The number of piperidine rings is 3. The van der Waals surface area contributed by atoms with Gasteiger partial charge in [-0.3, -0.25) is 0 Å². The van der Waals surface area contributed by atoms with Crippen LogP contribution in [-0.4, -0.2) is 29.2 Å². The number of hydrogen-bond acceptors (Lipinski definition) is 2. The molecule has 90 valence electrons. The lowest BCUT2D eigenvalue weighted by Gasteiger charge is -2.45. The topological polar surface area (TPSA) is 23.5 Å². The average Bonchev–Trinajstić information content (AvgIpc) is 2.37. The summed E-state index contributed by atoms with van der Waals surface area (Å²) in [6.07, 6.45) is 4.05. The Labute approximate surface area is 107 Å². The fourth-order valence-corrected chi connectivity index (χ4v) is 2.93. The SMILES string of the molecule is OC1/C(=C\c2ccc(Cl)cc2)N2CCC1CC2. The maximum atomic E-state index is 10.2. The fraction of sp³-hybridized carbons (Fsp3) is 0.429. The van der Waals surface area contributed by atoms with Gasteiger partial charge in [-0.1, -0.05) is 23.7 Å². The summed E-state index contributed by atoms with van der Waals surface area (Å²) in [5.41, 5.74) is 2.19. The molecular formula is C14H16ClNO. The Hall–Kier alpha value is -0.990. The van der Waals surface area contributed by atoms with Gasteiger partial charge in [-0.05, 0) is 42.5 Å². The van der Waals surface area contributed by atoms with Crippen molar-refractivity contribution >= 4 is 17.7 Å². The molecule has 3 aliphatic rings. The number of hydrogen-bond donors (Lipinski definition) is 1. The smallest absolute Gasteiger partial charge is 0.0965 e. The molecule has 0 aromatic heterocycles. The second-order valence-electron chi connectivity index (χ2n) is 4.89. The maximum absolute atomic E-state index is 10.2. The monoisotopic (exact) mass is 249 g/mol. The van der Waals surface area contributed by atoms with Crippen LogP contribution in [-0.2, 0) is 0 Å². The molecule has 17 heavy (non-hydrogen) atoms. The molecule has 3 fully saturated rings. The second-order valence-corrected chi connectivity index (χ2v) is 5.33. The summed E-state index contributed by atoms with van der Waals surface area (Å²) in [5, 5.41) is 11.0. The number of fused-ring (bicyclic) bond motifs is 3. The van der Waals surface area contributed by atoms with Crippen molar-refractivity contribution in [3.63, 3.8) is 0 Å². The van der Waals surface area contributed by atoms with Crippen LogP contribution in [0, 0.1) is 5.92 Å². The van der Waals surface area contributed by atoms with E-state index in [0.717, 1.165) is 42.2 Å². The largest absolute Gasteiger partial charge is 0.387 e. The van der Waals surface area contributed by atoms with Crippen LogP contribution in [0.1, 0.15) is 18.4 Å². The van der Waals surface area contributed by atoms with Crippen molar-refractivity contribution in [1.29, 1.82) is 0 Å². The normalized spacial score (nSPS) is 30.0. The molecule has 2 bridgehead atoms. The fourth-order valence-electron chi connectivity index (χ4n) is 2.81. The summed E-state index contributed by atoms with van der Waals surface area (Å²) in [4.78, 5) is 2.30. The molecule has 1 aromatic carbocycles. The van der Waals surface area contributed by atoms with Gasteiger partial charge in [0.05, 0.1) is 6.10 Å². The molecule has 0 spiro atoms. The van der Waals surface area contributed by atoms with Crippen LogP contribution < -0.4 is 0 Å². The molecule has 1 aromatic rings. The van der Waals surface area contributed by atoms with E-state index < -0.39 is 0 Å². The number of nitrogens with zero attached hydrogens (tertiary/aromatic N) is 1. The van der Waals surface area contributed by atoms with Crippen molar-refractivity contribution in [2.45, 2.75) is 18.9 Å². The van der Waals surface area contributed by atoms with Crippen LogP contribution in [0.3, 0.4) is 0 Å². The van der Waals surface area contributed by atoms with Gasteiger partial charge in [0.1, 0.15) is 0 Å². The van der Waals surface area contributed by atoms with E-state index in [1.54, 1.807) is 0 Å². The van der Waals surface area contributed by atoms with Crippen molar-refractivity contribution in [1.82, 2.24) is 4.90 Å². The van der Waals surface area contributed by atoms with Crippen LogP contribution in [0.4, 0.5) is 0 Å². The van der Waals surface area contributed by atoms with Crippen LogP contribution in [0.25, 0.3) is 6.08 Å². The lowest BCUT2D eigenvalue weighted by atomic mass is 9.83. The van der Waals surface area contributed by atoms with E-state index >= 15 is 0 Å². The zero-order chi connectivity index (χ0) is 11.8. The molecule has 0 aliphatic carbocycles. The van der Waals surface area contributed by atoms with E-state index in [9.17, 15) is 5.11 Å². The van der Waals surface area contributed by atoms with E-state index in [0.29, 0.717) is 5.92 Å². The molecule has 3 heterocycles. The number of aliphatic hydroxyl groups excluding tert-OH is 1. The Kier molecular flexibility index (Phi) is 2.85. The third kappa shape index (κ3) is 2.07. The Morgan fingerprint density at radius 3 is 2.41 bits per heavy atom. The van der Waals surface area contributed by atoms with Crippen molar-refractivity contribution in [3.8, 4) is 0 Å². The van der Waals surface area contributed by atoms with E-state index in [1.807, 2.05) is 24.3 Å². The van der Waals surface area contributed by atoms with E-state index in [1.165, 1.54) is 0 Å². The van der Waals surface area contributed by atoms with Crippen molar-refractivity contribution in [3.05, 3.63) is 40.5 Å². The number of rotatable bonds is 1. The molecule has 1 N–H and O–H groups in total. The minimum Gasteiger partial charge on any atom is -0.387 e. The Balaban J connectivity index is 1.90. The van der Waals surface area contributed by atoms with E-state index in [4.69, 9.17) is 11.6 Å². The van der Waals surface area contributed by atoms with Gasteiger partial charge in [0.2, 0.25) is 0 Å². The summed E-state index contributed by atoms with van der Waals surface area (Å²) in [7, 11) is 0. The summed E-state index contributed by atoms with van der Waals surface area (Å²) in [6.45, 7) is 2.17. The molecule has 1 unspecified atom stereocenters. The first-order valence-electron chi connectivity index (χ1n) is 6.14. The molecule has 4 rings (SSSR count). The number of aliphatic hydroxyl groups is 1. The number of benzene rings is 1. The first-order chi connectivity index (χ1) is 8.24. The van der Waals surface area contributed by atoms with Gasteiger partial charge in [0.15, 0.2) is 0 Å². The second kappa shape index (κ2) is 4.35. The third-order valence-electron chi connectivity index (χ3n) is 3.84. The quantitative estimate of drug-likeness (QED) is 0.827. The summed E-state index contributed by atoms with van der Waals surface area (Å²) >= 11 is 5.87. The van der Waals surface area contributed by atoms with E-state index in [-0.39, 0.29) is 6.10 Å². The summed E-state index contributed by atoms with van der Waals surface area (Å²) in [5.74, 6) is 0.457. The highest BCUT2D eigenvalue weighted by Gasteiger charge is 2.36. The van der Waals surface area contributed by atoms with Gasteiger partial charge in [0, 0.05) is 23.8 Å². The highest BCUT2D eigenvalue weighted by atomic mass is 35.5. The zero-order valence-corrected chi connectivity index (χ0v) is 10.4. The maximum Gasteiger partial charge on any atom is 0.0965 e. The van der Waals surface area contributed by atoms with Crippen LogP contribution >= 0.6 is 11.6 Å². The van der Waals surface area contributed by atoms with Gasteiger partial charge >= 0.3 is 0 Å². The first kappa shape index (κ1) is 11.1. The minimum atomic E-state index is -0.284. The Bertz CT molecular complexity index is 428. The zero-order valence-electron chi connectivity index (χ0n) is 9.64. The molecule has 0 saturated carbocycles. The predicted octanol–water partition coefficient (Wildman–Crippen LogP) is 2.77. The molecule has 3 saturated heterocycles. The molecular weight excluding hydrogens is 234 g/mol. The highest BCUT2D eigenvalue weighted by Crippen LogP contribution is 2.35. The molecule has 0 radical (unpaired) electrons. The van der Waals surface area contributed by atoms with E-state index in [2.05, 4.69) is 11.0 Å². The minimum absolute atomic E-state index is 0.284. The average molecular weight is 250 g/mol. The highest BCUT2D eigenvalue weighted by molar-refractivity contribution is 6.30. The van der Waals surface area contributed by atoms with Gasteiger partial charge in [0.25, 0.3) is 0 Å². The van der Waals surface area contributed by atoms with Gasteiger partial charge < -0.3 is 10.0 Å². The predicted molar refractivity (Wildman–Crippen MR) is 69.7 cm³/mol. The summed E-state index contributed by atoms with van der Waals surface area (Å²) < 4.78 is 0. The molecule has 3 heteroatoms. The van der Waals surface area contributed by atoms with Crippen LogP contribution in [0.15, 0.2) is 30.0 Å². The lowest BCUT2D eigenvalue weighted by molar-refractivity contribution is 0.0215.